The van der Waals surface area contributed by atoms with Crippen molar-refractivity contribution in [3.8, 4) is 11.5 Å². The second-order valence-corrected chi connectivity index (χ2v) is 17.6. The van der Waals surface area contributed by atoms with E-state index in [1.807, 2.05) is 18.2 Å². The molecule has 0 spiro atoms. The van der Waals surface area contributed by atoms with Crippen molar-refractivity contribution < 1.29 is 24.2 Å². The van der Waals surface area contributed by atoms with E-state index in [1.54, 1.807) is 31.1 Å². The summed E-state index contributed by atoms with van der Waals surface area (Å²) in [6.07, 6.45) is 13.9. The fraction of sp³-hybridized carbons (Fsp3) is 0.625. The maximum absolute atomic E-state index is 14.9. The molecular formula is C40H48N2O5. The number of hydrogen-bond donors (Lipinski definition) is 1. The first-order valence-electron chi connectivity index (χ1n) is 18.1. The summed E-state index contributed by atoms with van der Waals surface area (Å²) in [5.41, 5.74) is 2.49. The molecule has 4 atom stereocenters. The Kier molecular flexibility index (Phi) is 6.39. The van der Waals surface area contributed by atoms with E-state index < -0.39 is 11.4 Å². The third kappa shape index (κ3) is 4.46. The zero-order valence-electron chi connectivity index (χ0n) is 27.9. The topological polar surface area (TPSA) is 87.2 Å². The summed E-state index contributed by atoms with van der Waals surface area (Å²) in [7, 11) is 3.49. The van der Waals surface area contributed by atoms with Gasteiger partial charge in [-0.2, -0.15) is 0 Å². The van der Waals surface area contributed by atoms with Crippen LogP contribution in [0.2, 0.25) is 0 Å². The normalized spacial score (nSPS) is 39.1. The molecule has 2 amide bonds. The Morgan fingerprint density at radius 2 is 1.30 bits per heavy atom. The second kappa shape index (κ2) is 10.1. The van der Waals surface area contributed by atoms with Crippen LogP contribution in [-0.2, 0) is 22.6 Å². The molecule has 11 rings (SSSR count). The van der Waals surface area contributed by atoms with Gasteiger partial charge in [-0.15, -0.1) is 0 Å². The van der Waals surface area contributed by atoms with E-state index in [0.29, 0.717) is 47.4 Å². The predicted molar refractivity (Wildman–Crippen MR) is 177 cm³/mol. The van der Waals surface area contributed by atoms with Gasteiger partial charge in [0, 0.05) is 32.7 Å². The summed E-state index contributed by atoms with van der Waals surface area (Å²) in [4.78, 5) is 43.7. The summed E-state index contributed by atoms with van der Waals surface area (Å²) >= 11 is 0. The summed E-state index contributed by atoms with van der Waals surface area (Å²) in [5, 5.41) is 10.5. The Labute approximate surface area is 278 Å². The number of carboxylic acid groups (broad SMARTS) is 1. The van der Waals surface area contributed by atoms with E-state index in [-0.39, 0.29) is 22.2 Å². The van der Waals surface area contributed by atoms with Gasteiger partial charge >= 0.3 is 5.97 Å². The lowest BCUT2D eigenvalue weighted by atomic mass is 9.31. The van der Waals surface area contributed by atoms with Crippen LogP contribution in [0.4, 0.5) is 0 Å². The minimum atomic E-state index is -0.543. The third-order valence-corrected chi connectivity index (χ3v) is 14.4. The molecule has 248 valence electrons. The number of amides is 2. The zero-order chi connectivity index (χ0) is 32.3. The van der Waals surface area contributed by atoms with Crippen LogP contribution in [0.15, 0.2) is 42.5 Å². The van der Waals surface area contributed by atoms with E-state index >= 15 is 0 Å². The number of carbonyl (C=O) groups is 3. The highest BCUT2D eigenvalue weighted by molar-refractivity contribution is 5.94. The quantitative estimate of drug-likeness (QED) is 0.359. The Bertz CT molecular complexity index is 1630. The molecule has 0 radical (unpaired) electrons. The number of benzene rings is 2. The molecule has 1 aliphatic heterocycles. The Hall–Kier alpha value is -3.35. The monoisotopic (exact) mass is 636 g/mol. The Morgan fingerprint density at radius 1 is 0.745 bits per heavy atom. The molecule has 8 fully saturated rings. The highest BCUT2D eigenvalue weighted by Gasteiger charge is 2.72. The van der Waals surface area contributed by atoms with Crippen LogP contribution in [0.3, 0.4) is 0 Å². The van der Waals surface area contributed by atoms with Crippen LogP contribution in [0.25, 0.3) is 0 Å². The highest BCUT2D eigenvalue weighted by atomic mass is 16.5. The summed E-state index contributed by atoms with van der Waals surface area (Å²) < 4.78 is 6.22. The number of ether oxygens (including phenoxy) is 1. The van der Waals surface area contributed by atoms with Crippen molar-refractivity contribution in [1.82, 2.24) is 9.80 Å². The van der Waals surface area contributed by atoms with Gasteiger partial charge in [0.25, 0.3) is 5.91 Å². The molecule has 1 heterocycles. The first-order chi connectivity index (χ1) is 22.5. The lowest BCUT2D eigenvalue weighted by Crippen LogP contribution is -2.67. The van der Waals surface area contributed by atoms with Gasteiger partial charge in [0.2, 0.25) is 5.91 Å². The number of carbonyl (C=O) groups excluding carboxylic acids is 2. The van der Waals surface area contributed by atoms with Gasteiger partial charge in [0.15, 0.2) is 0 Å². The third-order valence-electron chi connectivity index (χ3n) is 14.4. The fourth-order valence-corrected chi connectivity index (χ4v) is 13.4. The van der Waals surface area contributed by atoms with Crippen LogP contribution >= 0.6 is 0 Å². The number of nitrogens with zero attached hydrogens (tertiary/aromatic N) is 2. The van der Waals surface area contributed by atoms with Crippen LogP contribution in [-0.4, -0.2) is 53.3 Å². The molecule has 0 saturated heterocycles. The smallest absolute Gasteiger partial charge is 0.309 e. The molecule has 2 aromatic rings. The van der Waals surface area contributed by atoms with Gasteiger partial charge < -0.3 is 19.6 Å². The van der Waals surface area contributed by atoms with Gasteiger partial charge in [-0.25, -0.2) is 0 Å². The van der Waals surface area contributed by atoms with Crippen molar-refractivity contribution in [3.63, 3.8) is 0 Å². The average Bonchev–Trinajstić information content (AvgIpc) is 3.03. The average molecular weight is 637 g/mol. The van der Waals surface area contributed by atoms with Crippen molar-refractivity contribution in [3.05, 3.63) is 59.2 Å². The molecular weight excluding hydrogens is 588 g/mol. The first kappa shape index (κ1) is 29.8. The largest absolute Gasteiger partial charge is 0.481 e. The van der Waals surface area contributed by atoms with Crippen molar-refractivity contribution in [2.24, 2.45) is 45.3 Å². The second-order valence-electron chi connectivity index (χ2n) is 17.6. The minimum absolute atomic E-state index is 0.0397. The van der Waals surface area contributed by atoms with Crippen molar-refractivity contribution in [2.75, 3.05) is 20.6 Å². The van der Waals surface area contributed by atoms with E-state index in [9.17, 15) is 19.5 Å². The van der Waals surface area contributed by atoms with Crippen LogP contribution in [0.5, 0.6) is 11.5 Å². The maximum atomic E-state index is 14.9. The van der Waals surface area contributed by atoms with Crippen molar-refractivity contribution >= 4 is 17.8 Å². The maximum Gasteiger partial charge on any atom is 0.309 e. The molecule has 47 heavy (non-hydrogen) atoms. The van der Waals surface area contributed by atoms with Gasteiger partial charge in [0.1, 0.15) is 11.5 Å². The Balaban J connectivity index is 0.960. The van der Waals surface area contributed by atoms with E-state index in [4.69, 9.17) is 4.74 Å². The van der Waals surface area contributed by atoms with Crippen LogP contribution in [0, 0.1) is 45.3 Å². The highest BCUT2D eigenvalue weighted by Crippen LogP contribution is 2.78. The molecule has 8 bridgehead atoms. The van der Waals surface area contributed by atoms with Gasteiger partial charge in [-0.3, -0.25) is 14.4 Å². The standard InChI is InChI=1S/C40H48N2O5/c1-41(2)34(43)30-4-6-32(7-5-30)47-33-8-3-29-9-10-42(22-31(29)13-33)35(44)37-14-25-11-26(15-37)19-39(18-25,23-37)40-20-27-12-28(21-40)17-38(16-27,24-40)36(45)46/h3-8,13,25-28H,9-12,14-24H2,1-2H3,(H,45,46). The van der Waals surface area contributed by atoms with E-state index in [0.717, 1.165) is 62.8 Å². The SMILES string of the molecule is CN(C)C(=O)c1ccc(Oc2ccc3c(c2)CN(C(=O)C24CC5CC(C2)CC(C26CC7CC(CC(C(=O)O)(C7)C2)C6)(C5)C4)CC3)cc1. The molecule has 7 heteroatoms. The molecule has 7 nitrogen and oxygen atoms in total. The Morgan fingerprint density at radius 3 is 1.87 bits per heavy atom. The van der Waals surface area contributed by atoms with E-state index in [2.05, 4.69) is 17.0 Å². The van der Waals surface area contributed by atoms with Crippen molar-refractivity contribution in [1.29, 1.82) is 0 Å². The molecule has 1 N–H and O–H groups in total. The number of aliphatic carboxylic acids is 1. The van der Waals surface area contributed by atoms with Gasteiger partial charge in [-0.1, -0.05) is 6.07 Å². The zero-order valence-corrected chi connectivity index (χ0v) is 27.9. The molecule has 2 aromatic carbocycles. The predicted octanol–water partition coefficient (Wildman–Crippen LogP) is 7.32. The molecule has 9 aliphatic rings. The number of fused-ring (bicyclic) bond motifs is 1. The lowest BCUT2D eigenvalue weighted by Gasteiger charge is -2.73. The summed E-state index contributed by atoms with van der Waals surface area (Å²) in [5.74, 6) is 3.52. The fourth-order valence-electron chi connectivity index (χ4n) is 13.4. The first-order valence-corrected chi connectivity index (χ1v) is 18.1. The van der Waals surface area contributed by atoms with Gasteiger partial charge in [0.05, 0.1) is 10.8 Å². The summed E-state index contributed by atoms with van der Waals surface area (Å²) in [6.45, 7) is 1.37. The molecule has 8 aliphatic carbocycles. The van der Waals surface area contributed by atoms with Crippen LogP contribution in [0.1, 0.15) is 98.5 Å². The molecule has 0 aromatic heterocycles. The lowest BCUT2D eigenvalue weighted by molar-refractivity contribution is -0.240. The van der Waals surface area contributed by atoms with Crippen molar-refractivity contribution in [2.45, 2.75) is 90.0 Å². The van der Waals surface area contributed by atoms with Gasteiger partial charge in [-0.05, 0) is 165 Å². The summed E-state index contributed by atoms with van der Waals surface area (Å²) in [6, 6.07) is 13.5. The molecule has 4 unspecified atom stereocenters. The number of carboxylic acids is 1. The minimum Gasteiger partial charge on any atom is -0.481 e. The molecule has 8 saturated carbocycles. The van der Waals surface area contributed by atoms with E-state index in [1.165, 1.54) is 44.1 Å². The number of hydrogen-bond acceptors (Lipinski definition) is 4. The van der Waals surface area contributed by atoms with Crippen LogP contribution < -0.4 is 4.74 Å². The number of rotatable bonds is 6.